The first kappa shape index (κ1) is 23.5. The van der Waals surface area contributed by atoms with Gasteiger partial charge in [0.1, 0.15) is 5.75 Å². The number of hydrogen-bond acceptors (Lipinski definition) is 5. The number of pyridine rings is 1. The minimum absolute atomic E-state index is 0.225. The van der Waals surface area contributed by atoms with Crippen LogP contribution in [0.4, 0.5) is 0 Å². The largest absolute Gasteiger partial charge is 0.497 e. The molecule has 4 heterocycles. The Balaban J connectivity index is 0.000000339. The topological polar surface area (TPSA) is 54.8 Å². The van der Waals surface area contributed by atoms with Crippen LogP contribution in [0.25, 0.3) is 10.9 Å². The van der Waals surface area contributed by atoms with Crippen molar-refractivity contribution in [1.82, 2.24) is 9.88 Å². The molecular formula is C26H36N2O3. The van der Waals surface area contributed by atoms with Crippen LogP contribution in [0.2, 0.25) is 0 Å². The highest BCUT2D eigenvalue weighted by Crippen LogP contribution is 2.42. The quantitative estimate of drug-likeness (QED) is 0.489. The van der Waals surface area contributed by atoms with Gasteiger partial charge in [-0.25, -0.2) is 0 Å². The molecule has 0 amide bonds. The molecule has 0 aliphatic carbocycles. The Morgan fingerprint density at radius 2 is 2.03 bits per heavy atom. The molecule has 5 atom stereocenters. The molecule has 1 aromatic carbocycles. The van der Waals surface area contributed by atoms with Crippen LogP contribution in [0.3, 0.4) is 0 Å². The van der Waals surface area contributed by atoms with E-state index in [0.717, 1.165) is 53.6 Å². The van der Waals surface area contributed by atoms with E-state index in [9.17, 15) is 5.11 Å². The van der Waals surface area contributed by atoms with E-state index in [1.807, 2.05) is 24.3 Å². The van der Waals surface area contributed by atoms with E-state index in [4.69, 9.17) is 9.47 Å². The standard InChI is InChI=1S/C20H26N2O2.C6H10O/c1-3-13-12-22-9-7-14(13)10-19(22)20(23)16-6-8-21-18-5-4-15(24-2)11-17(16)18;1-3-5-7-6-4-2/h4-6,8,11,13-14,19-20,23H,3,7,9-10,12H2,1-2H3;3-4H,1-2,5-6H2/t13-,14?,19+,20?;/m1./s1. The maximum absolute atomic E-state index is 11.2. The van der Waals surface area contributed by atoms with Gasteiger partial charge in [-0.3, -0.25) is 9.88 Å². The number of methoxy groups -OCH3 is 1. The van der Waals surface area contributed by atoms with Crippen molar-refractivity contribution in [2.24, 2.45) is 11.8 Å². The lowest BCUT2D eigenvalue weighted by Crippen LogP contribution is -2.55. The minimum atomic E-state index is -0.469. The van der Waals surface area contributed by atoms with Crippen molar-refractivity contribution < 1.29 is 14.6 Å². The summed E-state index contributed by atoms with van der Waals surface area (Å²) >= 11 is 0. The van der Waals surface area contributed by atoms with E-state index in [2.05, 4.69) is 30.0 Å². The number of nitrogens with zero attached hydrogens (tertiary/aromatic N) is 2. The van der Waals surface area contributed by atoms with Crippen molar-refractivity contribution >= 4 is 10.9 Å². The highest BCUT2D eigenvalue weighted by molar-refractivity contribution is 5.83. The van der Waals surface area contributed by atoms with E-state index >= 15 is 0 Å². The molecule has 2 bridgehead atoms. The number of aliphatic hydroxyl groups is 1. The Kier molecular flexibility index (Phi) is 8.64. The molecule has 5 heteroatoms. The van der Waals surface area contributed by atoms with Crippen molar-refractivity contribution in [3.63, 3.8) is 0 Å². The van der Waals surface area contributed by atoms with Crippen molar-refractivity contribution in [3.05, 3.63) is 61.3 Å². The van der Waals surface area contributed by atoms with Gasteiger partial charge in [0, 0.05) is 24.2 Å². The zero-order valence-corrected chi connectivity index (χ0v) is 18.9. The molecule has 3 aliphatic heterocycles. The Bertz CT molecular complexity index is 861. The van der Waals surface area contributed by atoms with E-state index in [1.165, 1.54) is 12.8 Å². The monoisotopic (exact) mass is 424 g/mol. The van der Waals surface area contributed by atoms with Gasteiger partial charge in [0.05, 0.1) is 31.9 Å². The summed E-state index contributed by atoms with van der Waals surface area (Å²) in [6.07, 6.45) is 8.40. The first-order valence-electron chi connectivity index (χ1n) is 11.3. The van der Waals surface area contributed by atoms with Gasteiger partial charge >= 0.3 is 0 Å². The van der Waals surface area contributed by atoms with E-state index in [-0.39, 0.29) is 6.04 Å². The van der Waals surface area contributed by atoms with Gasteiger partial charge in [-0.1, -0.05) is 25.5 Å². The Labute approximate surface area is 186 Å². The summed E-state index contributed by atoms with van der Waals surface area (Å²) in [4.78, 5) is 6.94. The summed E-state index contributed by atoms with van der Waals surface area (Å²) in [6.45, 7) is 12.7. The number of aromatic nitrogens is 1. The van der Waals surface area contributed by atoms with Crippen molar-refractivity contribution in [1.29, 1.82) is 0 Å². The average molecular weight is 425 g/mol. The molecule has 5 rings (SSSR count). The second-order valence-electron chi connectivity index (χ2n) is 8.36. The van der Waals surface area contributed by atoms with E-state index < -0.39 is 6.10 Å². The van der Waals surface area contributed by atoms with Crippen molar-refractivity contribution in [2.45, 2.75) is 38.3 Å². The summed E-state index contributed by atoms with van der Waals surface area (Å²) in [5, 5.41) is 12.2. The summed E-state index contributed by atoms with van der Waals surface area (Å²) < 4.78 is 10.3. The molecule has 0 radical (unpaired) electrons. The third-order valence-electron chi connectivity index (χ3n) is 6.60. The van der Waals surface area contributed by atoms with Crippen molar-refractivity contribution in [2.75, 3.05) is 33.4 Å². The van der Waals surface area contributed by atoms with Crippen LogP contribution < -0.4 is 4.74 Å². The average Bonchev–Trinajstić information content (AvgIpc) is 2.83. The molecule has 0 saturated carbocycles. The molecule has 3 unspecified atom stereocenters. The van der Waals surface area contributed by atoms with E-state index in [1.54, 1.807) is 25.5 Å². The number of rotatable bonds is 8. The maximum atomic E-state index is 11.2. The summed E-state index contributed by atoms with van der Waals surface area (Å²) in [6, 6.07) is 8.07. The zero-order valence-electron chi connectivity index (χ0n) is 18.9. The molecule has 3 fully saturated rings. The minimum Gasteiger partial charge on any atom is -0.497 e. The molecule has 1 N–H and O–H groups in total. The molecule has 168 valence electrons. The highest BCUT2D eigenvalue weighted by atomic mass is 16.5. The normalized spacial score (nSPS) is 25.4. The Morgan fingerprint density at radius 1 is 1.26 bits per heavy atom. The number of piperidine rings is 3. The van der Waals surface area contributed by atoms with Gasteiger partial charge in [-0.15, -0.1) is 13.2 Å². The molecule has 0 spiro atoms. The van der Waals surface area contributed by atoms with Crippen LogP contribution in [0, 0.1) is 11.8 Å². The second kappa shape index (κ2) is 11.4. The molecule has 5 nitrogen and oxygen atoms in total. The molecule has 3 saturated heterocycles. The molecule has 3 aliphatic rings. The lowest BCUT2D eigenvalue weighted by atomic mass is 9.72. The number of benzene rings is 1. The maximum Gasteiger partial charge on any atom is 0.119 e. The highest BCUT2D eigenvalue weighted by Gasteiger charge is 2.42. The van der Waals surface area contributed by atoms with Gasteiger partial charge < -0.3 is 14.6 Å². The van der Waals surface area contributed by atoms with Crippen LogP contribution in [-0.2, 0) is 4.74 Å². The predicted octanol–water partition coefficient (Wildman–Crippen LogP) is 4.77. The number of fused-ring (bicyclic) bond motifs is 4. The van der Waals surface area contributed by atoms with Crippen molar-refractivity contribution in [3.8, 4) is 5.75 Å². The van der Waals surface area contributed by atoms with Crippen LogP contribution in [0.5, 0.6) is 5.75 Å². The van der Waals surface area contributed by atoms with Crippen LogP contribution in [0.1, 0.15) is 37.9 Å². The fourth-order valence-corrected chi connectivity index (χ4v) is 4.94. The Morgan fingerprint density at radius 3 is 2.65 bits per heavy atom. The third-order valence-corrected chi connectivity index (χ3v) is 6.60. The zero-order chi connectivity index (χ0) is 22.2. The van der Waals surface area contributed by atoms with Gasteiger partial charge in [0.2, 0.25) is 0 Å². The van der Waals surface area contributed by atoms with Crippen LogP contribution in [-0.4, -0.2) is 54.4 Å². The van der Waals surface area contributed by atoms with Crippen LogP contribution in [0.15, 0.2) is 55.8 Å². The van der Waals surface area contributed by atoms with E-state index in [0.29, 0.717) is 13.2 Å². The first-order valence-corrected chi connectivity index (χ1v) is 11.3. The summed E-state index contributed by atoms with van der Waals surface area (Å²) in [5.41, 5.74) is 1.89. The van der Waals surface area contributed by atoms with Gasteiger partial charge in [0.15, 0.2) is 0 Å². The second-order valence-corrected chi connectivity index (χ2v) is 8.36. The summed E-state index contributed by atoms with van der Waals surface area (Å²) in [5.74, 6) is 2.37. The van der Waals surface area contributed by atoms with Gasteiger partial charge in [-0.05, 0) is 61.1 Å². The lowest BCUT2D eigenvalue weighted by molar-refractivity contribution is -0.0562. The summed E-state index contributed by atoms with van der Waals surface area (Å²) in [7, 11) is 1.67. The third kappa shape index (κ3) is 5.53. The number of ether oxygens (including phenoxy) is 2. The Hall–Kier alpha value is -2.21. The lowest BCUT2D eigenvalue weighted by Gasteiger charge is -2.51. The molecule has 1 aromatic heterocycles. The fraction of sp³-hybridized carbons (Fsp3) is 0.500. The molecule has 31 heavy (non-hydrogen) atoms. The predicted molar refractivity (Wildman–Crippen MR) is 126 cm³/mol. The smallest absolute Gasteiger partial charge is 0.119 e. The number of aliphatic hydroxyl groups excluding tert-OH is 1. The van der Waals surface area contributed by atoms with Gasteiger partial charge in [-0.2, -0.15) is 0 Å². The number of hydrogen-bond donors (Lipinski definition) is 1. The SMILES string of the molecule is C=CCOCC=C.CC[C@@H]1CN2CCC1C[C@H]2C(O)c1ccnc2ccc(OC)cc12. The fourth-order valence-electron chi connectivity index (χ4n) is 4.94. The molecule has 2 aromatic rings. The van der Waals surface area contributed by atoms with Crippen LogP contribution >= 0.6 is 0 Å². The molecular weight excluding hydrogens is 388 g/mol. The first-order chi connectivity index (χ1) is 15.1. The van der Waals surface area contributed by atoms with Gasteiger partial charge in [0.25, 0.3) is 0 Å².